The third kappa shape index (κ3) is 4.56. The molecule has 2 aromatic carbocycles. The SMILES string of the molecule is COc1ccc(N2CCN(c3nc(C)cc(Nc4ccc(F)cc4)n3)CC2)cc1. The normalized spacial score (nSPS) is 14.0. The smallest absolute Gasteiger partial charge is 0.227 e. The summed E-state index contributed by atoms with van der Waals surface area (Å²) >= 11 is 0. The molecule has 1 aliphatic heterocycles. The summed E-state index contributed by atoms with van der Waals surface area (Å²) in [4.78, 5) is 13.8. The molecule has 4 rings (SSSR count). The monoisotopic (exact) mass is 393 g/mol. The predicted molar refractivity (Wildman–Crippen MR) is 114 cm³/mol. The highest BCUT2D eigenvalue weighted by Gasteiger charge is 2.20. The molecule has 0 unspecified atom stereocenters. The van der Waals surface area contributed by atoms with Gasteiger partial charge in [-0.05, 0) is 55.5 Å². The van der Waals surface area contributed by atoms with E-state index in [1.807, 2.05) is 25.1 Å². The summed E-state index contributed by atoms with van der Waals surface area (Å²) in [5.41, 5.74) is 2.87. The number of rotatable bonds is 5. The Labute approximate surface area is 170 Å². The van der Waals surface area contributed by atoms with Crippen LogP contribution >= 0.6 is 0 Å². The van der Waals surface area contributed by atoms with Crippen molar-refractivity contribution in [3.63, 3.8) is 0 Å². The molecule has 3 aromatic rings. The minimum absolute atomic E-state index is 0.259. The van der Waals surface area contributed by atoms with Crippen molar-refractivity contribution >= 4 is 23.1 Å². The molecule has 0 spiro atoms. The van der Waals surface area contributed by atoms with Crippen molar-refractivity contribution in [2.45, 2.75) is 6.92 Å². The Hall–Kier alpha value is -3.35. The Morgan fingerprint density at radius 1 is 0.897 bits per heavy atom. The third-order valence-corrected chi connectivity index (χ3v) is 4.96. The molecule has 1 N–H and O–H groups in total. The summed E-state index contributed by atoms with van der Waals surface area (Å²) < 4.78 is 18.4. The van der Waals surface area contributed by atoms with Gasteiger partial charge in [0.2, 0.25) is 5.95 Å². The first-order valence-electron chi connectivity index (χ1n) is 9.63. The Kier molecular flexibility index (Phi) is 5.46. The van der Waals surface area contributed by atoms with Gasteiger partial charge in [0, 0.05) is 49.3 Å². The summed E-state index contributed by atoms with van der Waals surface area (Å²) in [5.74, 6) is 2.02. The lowest BCUT2D eigenvalue weighted by molar-refractivity contribution is 0.415. The van der Waals surface area contributed by atoms with Gasteiger partial charge in [-0.2, -0.15) is 4.98 Å². The van der Waals surface area contributed by atoms with Gasteiger partial charge in [-0.3, -0.25) is 0 Å². The van der Waals surface area contributed by atoms with Gasteiger partial charge >= 0.3 is 0 Å². The maximum atomic E-state index is 13.1. The summed E-state index contributed by atoms with van der Waals surface area (Å²) in [6, 6.07) is 16.3. The molecule has 1 aromatic heterocycles. The lowest BCUT2D eigenvalue weighted by Gasteiger charge is -2.36. The summed E-state index contributed by atoms with van der Waals surface area (Å²) in [6.07, 6.45) is 0. The van der Waals surface area contributed by atoms with Crippen molar-refractivity contribution in [1.82, 2.24) is 9.97 Å². The molecule has 1 fully saturated rings. The molecule has 6 nitrogen and oxygen atoms in total. The first-order chi connectivity index (χ1) is 14.1. The number of nitrogens with zero attached hydrogens (tertiary/aromatic N) is 4. The van der Waals surface area contributed by atoms with Crippen molar-refractivity contribution in [3.05, 3.63) is 66.1 Å². The molecule has 7 heteroatoms. The Bertz CT molecular complexity index is 954. The second-order valence-electron chi connectivity index (χ2n) is 7.00. The number of anilines is 4. The van der Waals surface area contributed by atoms with E-state index in [1.165, 1.54) is 17.8 Å². The molecule has 0 saturated carbocycles. The fraction of sp³-hybridized carbons (Fsp3) is 0.273. The zero-order valence-electron chi connectivity index (χ0n) is 16.6. The van der Waals surface area contributed by atoms with E-state index in [1.54, 1.807) is 19.2 Å². The highest BCUT2D eigenvalue weighted by atomic mass is 19.1. The molecule has 1 aliphatic rings. The van der Waals surface area contributed by atoms with Crippen LogP contribution < -0.4 is 19.9 Å². The van der Waals surface area contributed by atoms with E-state index in [0.717, 1.165) is 43.3 Å². The van der Waals surface area contributed by atoms with Gasteiger partial charge in [-0.25, -0.2) is 9.37 Å². The largest absolute Gasteiger partial charge is 0.497 e. The van der Waals surface area contributed by atoms with Gasteiger partial charge in [0.1, 0.15) is 17.4 Å². The number of piperazine rings is 1. The van der Waals surface area contributed by atoms with E-state index in [-0.39, 0.29) is 5.82 Å². The van der Waals surface area contributed by atoms with Crippen LogP contribution in [-0.2, 0) is 0 Å². The number of ether oxygens (including phenoxy) is 1. The van der Waals surface area contributed by atoms with Gasteiger partial charge in [-0.1, -0.05) is 0 Å². The van der Waals surface area contributed by atoms with Crippen LogP contribution in [0.25, 0.3) is 0 Å². The van der Waals surface area contributed by atoms with Crippen molar-refractivity contribution in [2.75, 3.05) is 48.4 Å². The van der Waals surface area contributed by atoms with Crippen molar-refractivity contribution < 1.29 is 9.13 Å². The number of nitrogens with one attached hydrogen (secondary N) is 1. The van der Waals surface area contributed by atoms with E-state index < -0.39 is 0 Å². The quantitative estimate of drug-likeness (QED) is 0.707. The standard InChI is InChI=1S/C22H24FN5O/c1-16-15-21(25-18-5-3-17(23)4-6-18)26-22(24-16)28-13-11-27(12-14-28)19-7-9-20(29-2)10-8-19/h3-10,15H,11-14H2,1-2H3,(H,24,25,26). The van der Waals surface area contributed by atoms with E-state index in [9.17, 15) is 4.39 Å². The van der Waals surface area contributed by atoms with Crippen molar-refractivity contribution in [3.8, 4) is 5.75 Å². The molecule has 150 valence electrons. The molecular weight excluding hydrogens is 369 g/mol. The average Bonchev–Trinajstić information content (AvgIpc) is 2.75. The number of aryl methyl sites for hydroxylation is 1. The molecule has 2 heterocycles. The van der Waals surface area contributed by atoms with Crippen LogP contribution in [0.15, 0.2) is 54.6 Å². The van der Waals surface area contributed by atoms with Crippen LogP contribution in [0.5, 0.6) is 5.75 Å². The Morgan fingerprint density at radius 3 is 2.21 bits per heavy atom. The molecule has 0 amide bonds. The number of methoxy groups -OCH3 is 1. The highest BCUT2D eigenvalue weighted by Crippen LogP contribution is 2.23. The lowest BCUT2D eigenvalue weighted by atomic mass is 10.2. The summed E-state index contributed by atoms with van der Waals surface area (Å²) in [6.45, 7) is 5.42. The molecule has 29 heavy (non-hydrogen) atoms. The van der Waals surface area contributed by atoms with Gasteiger partial charge in [-0.15, -0.1) is 0 Å². The van der Waals surface area contributed by atoms with Gasteiger partial charge in [0.05, 0.1) is 7.11 Å². The molecule has 0 bridgehead atoms. The van der Waals surface area contributed by atoms with Crippen LogP contribution in [0.2, 0.25) is 0 Å². The van der Waals surface area contributed by atoms with Crippen LogP contribution in [0.3, 0.4) is 0 Å². The first kappa shape index (κ1) is 19.0. The summed E-state index contributed by atoms with van der Waals surface area (Å²) in [5, 5.41) is 3.23. The number of hydrogen-bond acceptors (Lipinski definition) is 6. The van der Waals surface area contributed by atoms with Crippen LogP contribution in [0.4, 0.5) is 27.5 Å². The average molecular weight is 393 g/mol. The number of aromatic nitrogens is 2. The van der Waals surface area contributed by atoms with Gasteiger partial charge < -0.3 is 19.9 Å². The van der Waals surface area contributed by atoms with Gasteiger partial charge in [0.25, 0.3) is 0 Å². The van der Waals surface area contributed by atoms with E-state index in [2.05, 4.69) is 37.2 Å². The minimum Gasteiger partial charge on any atom is -0.497 e. The predicted octanol–water partition coefficient (Wildman–Crippen LogP) is 4.00. The van der Waals surface area contributed by atoms with Gasteiger partial charge in [0.15, 0.2) is 0 Å². The molecule has 0 atom stereocenters. The molecule has 1 saturated heterocycles. The van der Waals surface area contributed by atoms with Crippen molar-refractivity contribution in [1.29, 1.82) is 0 Å². The number of hydrogen-bond donors (Lipinski definition) is 1. The zero-order chi connectivity index (χ0) is 20.2. The van der Waals surface area contributed by atoms with E-state index >= 15 is 0 Å². The number of benzene rings is 2. The topological polar surface area (TPSA) is 53.5 Å². The summed E-state index contributed by atoms with van der Waals surface area (Å²) in [7, 11) is 1.68. The maximum absolute atomic E-state index is 13.1. The zero-order valence-corrected chi connectivity index (χ0v) is 16.6. The van der Waals surface area contributed by atoms with E-state index in [0.29, 0.717) is 11.8 Å². The van der Waals surface area contributed by atoms with Crippen LogP contribution in [0, 0.1) is 12.7 Å². The van der Waals surface area contributed by atoms with E-state index in [4.69, 9.17) is 4.74 Å². The van der Waals surface area contributed by atoms with Crippen LogP contribution in [0.1, 0.15) is 5.69 Å². The van der Waals surface area contributed by atoms with Crippen molar-refractivity contribution in [2.24, 2.45) is 0 Å². The van der Waals surface area contributed by atoms with Crippen LogP contribution in [-0.4, -0.2) is 43.3 Å². The molecule has 0 aliphatic carbocycles. The second kappa shape index (κ2) is 8.34. The minimum atomic E-state index is -0.259. The Morgan fingerprint density at radius 2 is 1.55 bits per heavy atom. The fourth-order valence-electron chi connectivity index (χ4n) is 3.40. The lowest BCUT2D eigenvalue weighted by Crippen LogP contribution is -2.47. The third-order valence-electron chi connectivity index (χ3n) is 4.96. The fourth-order valence-corrected chi connectivity index (χ4v) is 3.40. The molecule has 0 radical (unpaired) electrons. The highest BCUT2D eigenvalue weighted by molar-refractivity contribution is 5.58. The maximum Gasteiger partial charge on any atom is 0.227 e. The Balaban J connectivity index is 1.43. The molecular formula is C22H24FN5O. The first-order valence-corrected chi connectivity index (χ1v) is 9.63. The second-order valence-corrected chi connectivity index (χ2v) is 7.00. The number of halogens is 1.